The normalized spacial score (nSPS) is 18.3. The summed E-state index contributed by atoms with van der Waals surface area (Å²) in [6, 6.07) is 0. The molecule has 0 aromatic carbocycles. The lowest BCUT2D eigenvalue weighted by molar-refractivity contribution is -0.0533. The molecule has 1 saturated heterocycles. The van der Waals surface area contributed by atoms with Crippen molar-refractivity contribution in [3.63, 3.8) is 0 Å². The Bertz CT molecular complexity index is 162. The zero-order valence-corrected chi connectivity index (χ0v) is 12.9. The first-order valence-corrected chi connectivity index (χ1v) is 7.17. The van der Waals surface area contributed by atoms with E-state index in [2.05, 4.69) is 0 Å². The average Bonchev–Trinajstić information content (AvgIpc) is 2.46. The van der Waals surface area contributed by atoms with Crippen LogP contribution in [0.1, 0.15) is 27.7 Å². The summed E-state index contributed by atoms with van der Waals surface area (Å²) < 4.78 is 25.9. The van der Waals surface area contributed by atoms with Crippen molar-refractivity contribution in [2.24, 2.45) is 0 Å². The summed E-state index contributed by atoms with van der Waals surface area (Å²) in [4.78, 5) is 0. The van der Waals surface area contributed by atoms with Gasteiger partial charge in [-0.3, -0.25) is 0 Å². The van der Waals surface area contributed by atoms with Crippen molar-refractivity contribution in [2.45, 2.75) is 39.9 Å². The van der Waals surface area contributed by atoms with Gasteiger partial charge in [0.15, 0.2) is 0 Å². The Hall–Kier alpha value is -0.200. The smallest absolute Gasteiger partial charge is 0.0781 e. The molecule has 1 fully saturated rings. The van der Waals surface area contributed by atoms with Crippen molar-refractivity contribution in [2.75, 3.05) is 52.9 Å². The van der Waals surface area contributed by atoms with Crippen LogP contribution in [-0.4, -0.2) is 65.1 Å². The molecule has 0 spiro atoms. The molecule has 0 saturated carbocycles. The summed E-state index contributed by atoms with van der Waals surface area (Å²) in [6.07, 6.45) is 0.330. The molecule has 1 aliphatic heterocycles. The van der Waals surface area contributed by atoms with Crippen LogP contribution >= 0.6 is 0 Å². The summed E-state index contributed by atoms with van der Waals surface area (Å²) in [6.45, 7) is 13.9. The van der Waals surface area contributed by atoms with Gasteiger partial charge in [0.25, 0.3) is 0 Å². The Morgan fingerprint density at radius 3 is 1.74 bits per heavy atom. The molecule has 0 N–H and O–H groups in total. The summed E-state index contributed by atoms with van der Waals surface area (Å²) >= 11 is 0. The van der Waals surface area contributed by atoms with Crippen molar-refractivity contribution in [1.29, 1.82) is 0 Å². The van der Waals surface area contributed by atoms with E-state index in [4.69, 9.17) is 23.7 Å². The van der Waals surface area contributed by atoms with Gasteiger partial charge in [-0.15, -0.1) is 0 Å². The monoisotopic (exact) mass is 278 g/mol. The van der Waals surface area contributed by atoms with Crippen LogP contribution in [-0.2, 0) is 23.7 Å². The van der Waals surface area contributed by atoms with Crippen LogP contribution in [0.3, 0.4) is 0 Å². The van der Waals surface area contributed by atoms with E-state index in [1.807, 2.05) is 27.7 Å². The average molecular weight is 278 g/mol. The van der Waals surface area contributed by atoms with E-state index < -0.39 is 0 Å². The SMILES string of the molecule is C1COCCO1.CCOCC(C)OCC(C)OCC. The third-order valence-corrected chi connectivity index (χ3v) is 2.37. The zero-order chi connectivity index (χ0) is 14.3. The predicted molar refractivity (Wildman–Crippen MR) is 74.6 cm³/mol. The standard InChI is InChI=1S/C10H22O3.C4H8O2/c1-5-11-7-9(3)13-8-10(4)12-6-2;1-2-6-4-3-5-1/h9-10H,5-8H2,1-4H3;1-4H2. The predicted octanol–water partition coefficient (Wildman–Crippen LogP) is 1.89. The largest absolute Gasteiger partial charge is 0.379 e. The van der Waals surface area contributed by atoms with Crippen molar-refractivity contribution in [3.05, 3.63) is 0 Å². The molecule has 0 amide bonds. The number of rotatable bonds is 8. The number of ether oxygens (including phenoxy) is 5. The van der Waals surface area contributed by atoms with Gasteiger partial charge < -0.3 is 23.7 Å². The quantitative estimate of drug-likeness (QED) is 0.678. The van der Waals surface area contributed by atoms with E-state index in [9.17, 15) is 0 Å². The van der Waals surface area contributed by atoms with Gasteiger partial charge in [0, 0.05) is 13.2 Å². The van der Waals surface area contributed by atoms with Gasteiger partial charge >= 0.3 is 0 Å². The summed E-state index contributed by atoms with van der Waals surface area (Å²) in [5.74, 6) is 0. The highest BCUT2D eigenvalue weighted by atomic mass is 16.6. The molecule has 1 rings (SSSR count). The van der Waals surface area contributed by atoms with Gasteiger partial charge in [-0.2, -0.15) is 0 Å². The van der Waals surface area contributed by atoms with Crippen molar-refractivity contribution in [1.82, 2.24) is 0 Å². The molecule has 1 heterocycles. The van der Waals surface area contributed by atoms with Crippen LogP contribution in [0, 0.1) is 0 Å². The Morgan fingerprint density at radius 1 is 0.789 bits per heavy atom. The Labute approximate surface area is 117 Å². The Morgan fingerprint density at radius 2 is 1.32 bits per heavy atom. The fraction of sp³-hybridized carbons (Fsp3) is 1.00. The molecule has 2 unspecified atom stereocenters. The second kappa shape index (κ2) is 14.2. The van der Waals surface area contributed by atoms with Gasteiger partial charge in [-0.1, -0.05) is 0 Å². The lowest BCUT2D eigenvalue weighted by atomic mass is 10.4. The van der Waals surface area contributed by atoms with E-state index in [1.54, 1.807) is 0 Å². The molecule has 0 aromatic rings. The van der Waals surface area contributed by atoms with Crippen molar-refractivity contribution < 1.29 is 23.7 Å². The molecule has 0 aliphatic carbocycles. The second-order valence-electron chi connectivity index (χ2n) is 4.29. The molecular weight excluding hydrogens is 248 g/mol. The third-order valence-electron chi connectivity index (χ3n) is 2.37. The topological polar surface area (TPSA) is 46.2 Å². The van der Waals surface area contributed by atoms with Crippen LogP contribution in [0.25, 0.3) is 0 Å². The molecule has 5 heteroatoms. The lowest BCUT2D eigenvalue weighted by Crippen LogP contribution is -2.23. The Balaban J connectivity index is 0.000000443. The van der Waals surface area contributed by atoms with Crippen LogP contribution < -0.4 is 0 Å². The second-order valence-corrected chi connectivity index (χ2v) is 4.29. The highest BCUT2D eigenvalue weighted by Gasteiger charge is 2.05. The molecule has 0 aromatic heterocycles. The lowest BCUT2D eigenvalue weighted by Gasteiger charge is -2.16. The van der Waals surface area contributed by atoms with Gasteiger partial charge in [0.2, 0.25) is 0 Å². The molecular formula is C14H30O5. The van der Waals surface area contributed by atoms with Crippen LogP contribution in [0.15, 0.2) is 0 Å². The van der Waals surface area contributed by atoms with Crippen LogP contribution in [0.2, 0.25) is 0 Å². The maximum absolute atomic E-state index is 5.51. The van der Waals surface area contributed by atoms with Gasteiger partial charge in [0.1, 0.15) is 0 Å². The summed E-state index contributed by atoms with van der Waals surface area (Å²) in [5.41, 5.74) is 0. The first kappa shape index (κ1) is 18.8. The minimum atomic E-state index is 0.155. The third kappa shape index (κ3) is 14.0. The molecule has 116 valence electrons. The maximum atomic E-state index is 5.51. The first-order valence-electron chi connectivity index (χ1n) is 7.17. The highest BCUT2D eigenvalue weighted by Crippen LogP contribution is 1.97. The summed E-state index contributed by atoms with van der Waals surface area (Å²) in [7, 11) is 0. The van der Waals surface area contributed by atoms with Crippen molar-refractivity contribution >= 4 is 0 Å². The highest BCUT2D eigenvalue weighted by molar-refractivity contribution is 4.51. The molecule has 0 bridgehead atoms. The summed E-state index contributed by atoms with van der Waals surface area (Å²) in [5, 5.41) is 0. The van der Waals surface area contributed by atoms with Gasteiger partial charge in [0.05, 0.1) is 51.8 Å². The fourth-order valence-corrected chi connectivity index (χ4v) is 1.40. The fourth-order valence-electron chi connectivity index (χ4n) is 1.40. The molecule has 1 aliphatic rings. The minimum absolute atomic E-state index is 0.155. The number of hydrogen-bond acceptors (Lipinski definition) is 5. The molecule has 2 atom stereocenters. The molecule has 19 heavy (non-hydrogen) atoms. The van der Waals surface area contributed by atoms with Gasteiger partial charge in [-0.05, 0) is 27.7 Å². The van der Waals surface area contributed by atoms with E-state index in [-0.39, 0.29) is 12.2 Å². The zero-order valence-electron chi connectivity index (χ0n) is 12.9. The van der Waals surface area contributed by atoms with Crippen LogP contribution in [0.5, 0.6) is 0 Å². The van der Waals surface area contributed by atoms with E-state index >= 15 is 0 Å². The maximum Gasteiger partial charge on any atom is 0.0781 e. The van der Waals surface area contributed by atoms with Gasteiger partial charge in [-0.25, -0.2) is 0 Å². The van der Waals surface area contributed by atoms with E-state index in [1.165, 1.54) is 0 Å². The molecule has 0 radical (unpaired) electrons. The number of hydrogen-bond donors (Lipinski definition) is 0. The Kier molecular flexibility index (Phi) is 14.1. The van der Waals surface area contributed by atoms with Crippen LogP contribution in [0.4, 0.5) is 0 Å². The first-order chi connectivity index (χ1) is 9.20. The van der Waals surface area contributed by atoms with E-state index in [0.717, 1.165) is 39.6 Å². The van der Waals surface area contributed by atoms with E-state index in [0.29, 0.717) is 13.2 Å². The van der Waals surface area contributed by atoms with Crippen molar-refractivity contribution in [3.8, 4) is 0 Å². The minimum Gasteiger partial charge on any atom is -0.379 e. The molecule has 5 nitrogen and oxygen atoms in total.